The van der Waals surface area contributed by atoms with Gasteiger partial charge in [0.05, 0.1) is 23.0 Å². The predicted octanol–water partition coefficient (Wildman–Crippen LogP) is 4.42. The number of nitrogens with zero attached hydrogens (tertiary/aromatic N) is 3. The van der Waals surface area contributed by atoms with Gasteiger partial charge in [-0.05, 0) is 42.5 Å². The number of hydrogen-bond acceptors (Lipinski definition) is 5. The van der Waals surface area contributed by atoms with Crippen LogP contribution < -0.4 is 5.43 Å². The highest BCUT2D eigenvalue weighted by Crippen LogP contribution is 2.24. The quantitative estimate of drug-likeness (QED) is 0.390. The fourth-order valence-corrected chi connectivity index (χ4v) is 3.06. The van der Waals surface area contributed by atoms with E-state index < -0.39 is 5.91 Å². The number of benzene rings is 2. The summed E-state index contributed by atoms with van der Waals surface area (Å²) in [6.45, 7) is 0. The second-order valence-corrected chi connectivity index (χ2v) is 6.65. The highest BCUT2D eigenvalue weighted by Gasteiger charge is 2.13. The van der Waals surface area contributed by atoms with Crippen LogP contribution in [0.2, 0.25) is 5.02 Å². The molecule has 4 rings (SSSR count). The Kier molecular flexibility index (Phi) is 5.18. The molecule has 0 unspecified atom stereocenters. The smallest absolute Gasteiger partial charge is 0.272 e. The molecule has 6 nitrogen and oxygen atoms in total. The fraction of sp³-hybridized carbons (Fsp3) is 0. The van der Waals surface area contributed by atoms with Gasteiger partial charge >= 0.3 is 0 Å². The van der Waals surface area contributed by atoms with Gasteiger partial charge in [-0.15, -0.1) is 0 Å². The lowest BCUT2D eigenvalue weighted by molar-refractivity contribution is 0.0956. The van der Waals surface area contributed by atoms with E-state index in [9.17, 15) is 9.90 Å². The fourth-order valence-electron chi connectivity index (χ4n) is 2.88. The molecule has 0 spiro atoms. The summed E-state index contributed by atoms with van der Waals surface area (Å²) >= 11 is 5.92. The minimum Gasteiger partial charge on any atom is -0.507 e. The average molecular weight is 403 g/mol. The van der Waals surface area contributed by atoms with Crippen LogP contribution in [0.15, 0.2) is 78.2 Å². The van der Waals surface area contributed by atoms with Crippen LogP contribution in [0, 0.1) is 0 Å². The Balaban J connectivity index is 1.68. The van der Waals surface area contributed by atoms with E-state index in [1.54, 1.807) is 30.6 Å². The number of hydrogen-bond donors (Lipinski definition) is 2. The number of hydrazone groups is 1. The molecule has 0 aliphatic rings. The number of nitrogens with one attached hydrogen (secondary N) is 1. The number of phenolic OH excluding ortho intramolecular Hbond substituents is 1. The third-order valence-electron chi connectivity index (χ3n) is 4.30. The van der Waals surface area contributed by atoms with Gasteiger partial charge < -0.3 is 5.11 Å². The van der Waals surface area contributed by atoms with E-state index in [1.807, 2.05) is 36.4 Å². The Bertz CT molecular complexity index is 1230. The van der Waals surface area contributed by atoms with Crippen molar-refractivity contribution in [3.63, 3.8) is 0 Å². The topological polar surface area (TPSA) is 87.5 Å². The maximum atomic E-state index is 12.8. The lowest BCUT2D eigenvalue weighted by Gasteiger charge is -2.09. The first-order valence-electron chi connectivity index (χ1n) is 8.74. The third kappa shape index (κ3) is 4.07. The van der Waals surface area contributed by atoms with E-state index in [0.29, 0.717) is 32.7 Å². The van der Waals surface area contributed by atoms with Gasteiger partial charge in [0.25, 0.3) is 5.91 Å². The van der Waals surface area contributed by atoms with Crippen molar-refractivity contribution in [1.82, 2.24) is 15.4 Å². The number of amides is 1. The standard InChI is InChI=1S/C22H15ClN4O2/c23-16-5-6-21(28)15(11-16)13-25-27-22(29)18-12-20(14-7-9-24-10-8-14)26-19-4-2-1-3-17(18)19/h1-13,28H,(H,27,29)/b25-13+. The van der Waals surface area contributed by atoms with Crippen LogP contribution in [0.4, 0.5) is 0 Å². The number of para-hydroxylation sites is 1. The van der Waals surface area contributed by atoms with Crippen molar-refractivity contribution in [3.05, 3.63) is 89.2 Å². The molecule has 0 aliphatic carbocycles. The maximum absolute atomic E-state index is 12.8. The minimum absolute atomic E-state index is 0.0155. The maximum Gasteiger partial charge on any atom is 0.272 e. The zero-order valence-electron chi connectivity index (χ0n) is 15.1. The molecular formula is C22H15ClN4O2. The molecule has 4 aromatic rings. The molecule has 0 fully saturated rings. The number of halogens is 1. The first-order chi connectivity index (χ1) is 14.1. The molecule has 2 aromatic heterocycles. The van der Waals surface area contributed by atoms with Crippen LogP contribution >= 0.6 is 11.6 Å². The normalized spacial score (nSPS) is 11.1. The summed E-state index contributed by atoms with van der Waals surface area (Å²) in [4.78, 5) is 21.5. The molecule has 0 aliphatic heterocycles. The molecule has 2 aromatic carbocycles. The van der Waals surface area contributed by atoms with Crippen molar-refractivity contribution in [2.75, 3.05) is 0 Å². The summed E-state index contributed by atoms with van der Waals surface area (Å²) < 4.78 is 0. The minimum atomic E-state index is -0.392. The van der Waals surface area contributed by atoms with Gasteiger partial charge in [-0.2, -0.15) is 5.10 Å². The molecule has 29 heavy (non-hydrogen) atoms. The predicted molar refractivity (Wildman–Crippen MR) is 113 cm³/mol. The van der Waals surface area contributed by atoms with Crippen LogP contribution in [-0.2, 0) is 0 Å². The molecule has 1 amide bonds. The van der Waals surface area contributed by atoms with E-state index in [1.165, 1.54) is 12.3 Å². The lowest BCUT2D eigenvalue weighted by atomic mass is 10.0. The zero-order valence-corrected chi connectivity index (χ0v) is 15.8. The van der Waals surface area contributed by atoms with Gasteiger partial charge in [-0.1, -0.05) is 29.8 Å². The monoisotopic (exact) mass is 402 g/mol. The lowest BCUT2D eigenvalue weighted by Crippen LogP contribution is -2.18. The average Bonchev–Trinajstić information content (AvgIpc) is 2.76. The van der Waals surface area contributed by atoms with Gasteiger partial charge in [-0.3, -0.25) is 9.78 Å². The SMILES string of the molecule is O=C(N/N=C/c1cc(Cl)ccc1O)c1cc(-c2ccncc2)nc2ccccc12. The van der Waals surface area contributed by atoms with Crippen LogP contribution in [0.3, 0.4) is 0 Å². The van der Waals surface area contributed by atoms with E-state index in [0.717, 1.165) is 5.56 Å². The summed E-state index contributed by atoms with van der Waals surface area (Å²) in [7, 11) is 0. The number of pyridine rings is 2. The number of carbonyl (C=O) groups excluding carboxylic acids is 1. The van der Waals surface area contributed by atoms with Crippen molar-refractivity contribution in [1.29, 1.82) is 0 Å². The molecule has 0 radical (unpaired) electrons. The van der Waals surface area contributed by atoms with Crippen molar-refractivity contribution >= 4 is 34.6 Å². The van der Waals surface area contributed by atoms with Gasteiger partial charge in [-0.25, -0.2) is 10.4 Å². The Morgan fingerprint density at radius 1 is 1.07 bits per heavy atom. The Labute approximate surface area is 171 Å². The second-order valence-electron chi connectivity index (χ2n) is 6.21. The molecular weight excluding hydrogens is 388 g/mol. The summed E-state index contributed by atoms with van der Waals surface area (Å²) in [5.41, 5.74) is 5.55. The van der Waals surface area contributed by atoms with Gasteiger partial charge in [0.1, 0.15) is 5.75 Å². The first kappa shape index (κ1) is 18.6. The van der Waals surface area contributed by atoms with E-state index in [-0.39, 0.29) is 5.75 Å². The number of aromatic hydroxyl groups is 1. The first-order valence-corrected chi connectivity index (χ1v) is 9.12. The Hall–Kier alpha value is -3.77. The van der Waals surface area contributed by atoms with Crippen LogP contribution in [0.25, 0.3) is 22.2 Å². The molecule has 142 valence electrons. The van der Waals surface area contributed by atoms with E-state index in [4.69, 9.17) is 11.6 Å². The number of fused-ring (bicyclic) bond motifs is 1. The second kappa shape index (κ2) is 8.08. The highest BCUT2D eigenvalue weighted by molar-refractivity contribution is 6.30. The molecule has 0 saturated heterocycles. The van der Waals surface area contributed by atoms with E-state index >= 15 is 0 Å². The molecule has 2 heterocycles. The van der Waals surface area contributed by atoms with Crippen molar-refractivity contribution < 1.29 is 9.90 Å². The highest BCUT2D eigenvalue weighted by atomic mass is 35.5. The molecule has 0 saturated carbocycles. The van der Waals surface area contributed by atoms with Crippen molar-refractivity contribution in [3.8, 4) is 17.0 Å². The molecule has 0 bridgehead atoms. The molecule has 7 heteroatoms. The largest absolute Gasteiger partial charge is 0.507 e. The Morgan fingerprint density at radius 2 is 1.86 bits per heavy atom. The van der Waals surface area contributed by atoms with Crippen LogP contribution in [-0.4, -0.2) is 27.2 Å². The van der Waals surface area contributed by atoms with Crippen LogP contribution in [0.5, 0.6) is 5.75 Å². The van der Waals surface area contributed by atoms with Crippen LogP contribution in [0.1, 0.15) is 15.9 Å². The summed E-state index contributed by atoms with van der Waals surface area (Å²) in [5, 5.41) is 15.0. The number of rotatable bonds is 4. The van der Waals surface area contributed by atoms with Gasteiger partial charge in [0.15, 0.2) is 0 Å². The van der Waals surface area contributed by atoms with Gasteiger partial charge in [0.2, 0.25) is 0 Å². The molecule has 2 N–H and O–H groups in total. The van der Waals surface area contributed by atoms with E-state index in [2.05, 4.69) is 20.5 Å². The molecule has 0 atom stereocenters. The number of phenols is 1. The van der Waals surface area contributed by atoms with Crippen molar-refractivity contribution in [2.45, 2.75) is 0 Å². The third-order valence-corrected chi connectivity index (χ3v) is 4.53. The summed E-state index contributed by atoms with van der Waals surface area (Å²) in [5.74, 6) is -0.376. The Morgan fingerprint density at radius 3 is 2.69 bits per heavy atom. The summed E-state index contributed by atoms with van der Waals surface area (Å²) in [6, 6.07) is 17.4. The van der Waals surface area contributed by atoms with Crippen molar-refractivity contribution in [2.24, 2.45) is 5.10 Å². The number of carbonyl (C=O) groups is 1. The zero-order chi connectivity index (χ0) is 20.2. The number of aromatic nitrogens is 2. The van der Waals surface area contributed by atoms with Gasteiger partial charge in [0, 0.05) is 33.9 Å². The summed E-state index contributed by atoms with van der Waals surface area (Å²) in [6.07, 6.45) is 4.69.